The van der Waals surface area contributed by atoms with Gasteiger partial charge in [-0.15, -0.1) is 0 Å². The van der Waals surface area contributed by atoms with Crippen LogP contribution in [0.4, 0.5) is 0 Å². The molecule has 1 fully saturated rings. The summed E-state index contributed by atoms with van der Waals surface area (Å²) in [6.45, 7) is 5.44. The number of nitrogens with zero attached hydrogens (tertiary/aromatic N) is 1. The number of fused-ring (bicyclic) bond motifs is 3. The van der Waals surface area contributed by atoms with Gasteiger partial charge in [0.05, 0.1) is 29.4 Å². The molecule has 2 aromatic carbocycles. The van der Waals surface area contributed by atoms with E-state index in [1.54, 1.807) is 31.0 Å². The van der Waals surface area contributed by atoms with E-state index in [4.69, 9.17) is 34.8 Å². The molecule has 20 heteroatoms. The number of aliphatic hydroxyl groups is 3. The Balaban J connectivity index is 0.000000302. The third kappa shape index (κ3) is 8.97. The minimum Gasteiger partial charge on any atom is -0.507 e. The number of unbranched alkanes of at least 4 members (excludes halogenated alkanes) is 2. The average molecular weight is 817 g/mol. The number of phenolic OH excluding ortho intramolecular Hbond substituents is 2. The highest BCUT2D eigenvalue weighted by Gasteiger charge is 2.59. The number of carbonyl (C=O) groups is 3. The van der Waals surface area contributed by atoms with E-state index in [-0.39, 0.29) is 52.8 Å². The van der Waals surface area contributed by atoms with Gasteiger partial charge in [0, 0.05) is 60.5 Å². The molecular formula is C35H50N2O16P2. The third-order valence-corrected chi connectivity index (χ3v) is 14.3. The highest BCUT2D eigenvalue weighted by molar-refractivity contribution is 7.72. The molecule has 18 nitrogen and oxygen atoms in total. The Labute approximate surface area is 317 Å². The lowest BCUT2D eigenvalue weighted by Gasteiger charge is -2.42. The van der Waals surface area contributed by atoms with E-state index in [1.807, 2.05) is 6.92 Å². The summed E-state index contributed by atoms with van der Waals surface area (Å²) >= 11 is 0. The quantitative estimate of drug-likeness (QED) is 0.0704. The number of hydrogen-bond acceptors (Lipinski definition) is 14. The number of benzene rings is 2. The lowest BCUT2D eigenvalue weighted by atomic mass is 9.72. The van der Waals surface area contributed by atoms with Gasteiger partial charge < -0.3 is 65.2 Å². The maximum atomic E-state index is 13.3. The highest BCUT2D eigenvalue weighted by atomic mass is 31.2. The molecule has 0 spiro atoms. The summed E-state index contributed by atoms with van der Waals surface area (Å²) < 4.78 is 34.0. The number of nitrogens with two attached hydrogens (primary N) is 1. The van der Waals surface area contributed by atoms with E-state index >= 15 is 0 Å². The molecule has 5 rings (SSSR count). The van der Waals surface area contributed by atoms with Crippen LogP contribution in [0.2, 0.25) is 0 Å². The van der Waals surface area contributed by atoms with E-state index in [0.29, 0.717) is 6.54 Å². The largest absolute Gasteiger partial charge is 0.507 e. The van der Waals surface area contributed by atoms with Crippen molar-refractivity contribution in [1.82, 2.24) is 4.90 Å². The molecule has 0 saturated carbocycles. The molecule has 55 heavy (non-hydrogen) atoms. The number of aliphatic hydroxyl groups excluding tert-OH is 1. The second kappa shape index (κ2) is 16.9. The number of ketones is 3. The zero-order chi connectivity index (χ0) is 41.4. The SMILES string of the molecule is CC(=O)[C@]1(O)Cc2c(O)c3c(c(O)c2[C@@H](O[C@H]2C[C@H](N)[C@H](O)[C@H](C)O2)C1)C(=O)c1ccccc1C3=O.CCCCCN(C)CCC(O)(P(=O)(O)O)P(=O)(O)O. The van der Waals surface area contributed by atoms with Crippen LogP contribution < -0.4 is 5.73 Å². The van der Waals surface area contributed by atoms with E-state index in [2.05, 4.69) is 0 Å². The van der Waals surface area contributed by atoms with Gasteiger partial charge in [-0.3, -0.25) is 23.5 Å². The van der Waals surface area contributed by atoms with Crippen molar-refractivity contribution in [1.29, 1.82) is 0 Å². The molecule has 0 aromatic heterocycles. The van der Waals surface area contributed by atoms with Crippen molar-refractivity contribution in [3.8, 4) is 11.5 Å². The smallest absolute Gasteiger partial charge is 0.369 e. The first-order valence-corrected chi connectivity index (χ1v) is 20.9. The number of aromatic hydroxyl groups is 2. The average Bonchev–Trinajstić information content (AvgIpc) is 3.09. The van der Waals surface area contributed by atoms with Gasteiger partial charge in [-0.05, 0) is 33.9 Å². The predicted octanol–water partition coefficient (Wildman–Crippen LogP) is 1.52. The molecule has 3 aliphatic rings. The van der Waals surface area contributed by atoms with Gasteiger partial charge in [0.25, 0.3) is 5.08 Å². The Morgan fingerprint density at radius 1 is 1.02 bits per heavy atom. The molecule has 0 amide bonds. The van der Waals surface area contributed by atoms with Crippen molar-refractivity contribution in [2.45, 2.75) is 107 Å². The molecule has 11 N–H and O–H groups in total. The van der Waals surface area contributed by atoms with Crippen LogP contribution in [-0.4, -0.2) is 123 Å². The molecular weight excluding hydrogens is 766 g/mol. The molecule has 306 valence electrons. The van der Waals surface area contributed by atoms with Gasteiger partial charge in [0.2, 0.25) is 0 Å². The van der Waals surface area contributed by atoms with Gasteiger partial charge in [0.1, 0.15) is 17.1 Å². The summed E-state index contributed by atoms with van der Waals surface area (Å²) in [4.78, 5) is 76.5. The summed E-state index contributed by atoms with van der Waals surface area (Å²) in [6, 6.07) is 5.40. The van der Waals surface area contributed by atoms with Crippen LogP contribution in [0.3, 0.4) is 0 Å². The topological polar surface area (TPSA) is 315 Å². The molecule has 2 aliphatic carbocycles. The maximum absolute atomic E-state index is 13.3. The molecule has 0 bridgehead atoms. The van der Waals surface area contributed by atoms with Gasteiger partial charge in [0.15, 0.2) is 23.6 Å². The van der Waals surface area contributed by atoms with Crippen LogP contribution in [0.5, 0.6) is 11.5 Å². The number of carbonyl (C=O) groups excluding carboxylic acids is 3. The monoisotopic (exact) mass is 816 g/mol. The number of ether oxygens (including phenoxy) is 2. The van der Waals surface area contributed by atoms with Crippen molar-refractivity contribution in [2.24, 2.45) is 5.73 Å². The number of phenols is 2. The van der Waals surface area contributed by atoms with Crippen LogP contribution in [0, 0.1) is 0 Å². The van der Waals surface area contributed by atoms with Gasteiger partial charge in [-0.25, -0.2) is 0 Å². The zero-order valence-corrected chi connectivity index (χ0v) is 32.7. The molecule has 0 unspecified atom stereocenters. The second-order valence-electron chi connectivity index (χ2n) is 14.4. The van der Waals surface area contributed by atoms with Crippen LogP contribution in [0.15, 0.2) is 24.3 Å². The Hall–Kier alpha value is -2.93. The lowest BCUT2D eigenvalue weighted by molar-refractivity contribution is -0.247. The maximum Gasteiger partial charge on any atom is 0.369 e. The predicted molar refractivity (Wildman–Crippen MR) is 194 cm³/mol. The summed E-state index contributed by atoms with van der Waals surface area (Å²) in [5, 5.41) is 50.2. The molecule has 1 heterocycles. The molecule has 2 aromatic rings. The highest BCUT2D eigenvalue weighted by Crippen LogP contribution is 2.69. The van der Waals surface area contributed by atoms with Gasteiger partial charge in [-0.1, -0.05) is 44.0 Å². The van der Waals surface area contributed by atoms with E-state index in [0.717, 1.165) is 19.3 Å². The van der Waals surface area contributed by atoms with E-state index in [9.17, 15) is 49.0 Å². The Bertz CT molecular complexity index is 1860. The Kier molecular flexibility index (Phi) is 13.8. The number of Topliss-reactive ketones (excluding diaryl/α,β-unsaturated/α-hetero) is 1. The molecule has 6 atom stereocenters. The number of hydrogen-bond donors (Lipinski definition) is 10. The minimum atomic E-state index is -5.33. The van der Waals surface area contributed by atoms with E-state index in [1.165, 1.54) is 19.1 Å². The van der Waals surface area contributed by atoms with Crippen molar-refractivity contribution in [3.63, 3.8) is 0 Å². The zero-order valence-electron chi connectivity index (χ0n) is 30.9. The van der Waals surface area contributed by atoms with E-state index < -0.39 is 98.2 Å². The summed E-state index contributed by atoms with van der Waals surface area (Å²) in [7, 11) is -9.00. The first kappa shape index (κ1) is 44.8. The summed E-state index contributed by atoms with van der Waals surface area (Å²) in [5.74, 6) is -3.06. The Morgan fingerprint density at radius 2 is 1.56 bits per heavy atom. The van der Waals surface area contributed by atoms with Gasteiger partial charge >= 0.3 is 15.2 Å². The van der Waals surface area contributed by atoms with Crippen molar-refractivity contribution in [3.05, 3.63) is 57.6 Å². The van der Waals surface area contributed by atoms with Gasteiger partial charge in [-0.2, -0.15) is 0 Å². The second-order valence-corrected chi connectivity index (χ2v) is 18.4. The van der Waals surface area contributed by atoms with Crippen molar-refractivity contribution < 1.29 is 78.1 Å². The Morgan fingerprint density at radius 3 is 2.05 bits per heavy atom. The fourth-order valence-corrected chi connectivity index (χ4v) is 9.11. The lowest BCUT2D eigenvalue weighted by Crippen LogP contribution is -2.52. The summed E-state index contributed by atoms with van der Waals surface area (Å²) in [5.41, 5.74) is 3.38. The first-order chi connectivity index (χ1) is 25.4. The van der Waals surface area contributed by atoms with Crippen LogP contribution >= 0.6 is 15.2 Å². The summed E-state index contributed by atoms with van der Waals surface area (Å²) in [6.07, 6.45) is -2.19. The van der Waals surface area contributed by atoms with Crippen LogP contribution in [0.25, 0.3) is 0 Å². The first-order valence-electron chi connectivity index (χ1n) is 17.7. The molecule has 0 radical (unpaired) electrons. The standard InChI is InChI=1S/C26H27NO9.C9H23NO7P2/c1-10-21(29)15(27)7-17(35-10)36-16-9-26(34,11(2)28)8-14-18(16)25(33)20-19(24(14)32)22(30)12-5-3-4-6-13(12)23(20)31;1-3-4-5-7-10(2)8-6-9(11,18(12,13)14)19(15,16)17/h3-6,10,15-17,21,29,32-34H,7-9,27H2,1-2H3;11H,3-8H2,1-2H3,(H2,12,13,14)(H2,15,16,17)/t10-,15-,16-,17-,21+,26-;/m0./s1. The number of rotatable bonds is 12. The minimum absolute atomic E-state index is 0.00588. The van der Waals surface area contributed by atoms with Crippen molar-refractivity contribution in [2.75, 3.05) is 20.1 Å². The van der Waals surface area contributed by atoms with Crippen LogP contribution in [-0.2, 0) is 29.8 Å². The normalized spacial score (nSPS) is 25.4. The molecule has 1 saturated heterocycles. The van der Waals surface area contributed by atoms with Crippen molar-refractivity contribution >= 4 is 32.5 Å². The van der Waals surface area contributed by atoms with Crippen LogP contribution in [0.1, 0.15) is 108 Å². The third-order valence-electron chi connectivity index (χ3n) is 10.4. The molecule has 1 aliphatic heterocycles. The fourth-order valence-electron chi connectivity index (χ4n) is 6.97. The fraction of sp³-hybridized carbons (Fsp3) is 0.571.